The predicted molar refractivity (Wildman–Crippen MR) is 141 cm³/mol. The van der Waals surface area contributed by atoms with Crippen LogP contribution in [0, 0.1) is 5.41 Å². The number of rotatable bonds is 6. The Hall–Kier alpha value is -2.12. The molecule has 0 bridgehead atoms. The maximum atomic E-state index is 13.8. The summed E-state index contributed by atoms with van der Waals surface area (Å²) in [4.78, 5) is 32.7. The number of hydrogen-bond donors (Lipinski definition) is 0. The molecule has 36 heavy (non-hydrogen) atoms. The van der Waals surface area contributed by atoms with Crippen LogP contribution in [-0.4, -0.2) is 84.8 Å². The number of hydrogen-bond acceptors (Lipinski definition) is 5. The first kappa shape index (κ1) is 26.9. The fourth-order valence-electron chi connectivity index (χ4n) is 6.28. The van der Waals surface area contributed by atoms with Crippen molar-refractivity contribution >= 4 is 12.0 Å². The summed E-state index contributed by atoms with van der Waals surface area (Å²) in [6, 6.07) is 8.63. The zero-order chi connectivity index (χ0) is 26.1. The molecule has 1 unspecified atom stereocenters. The minimum Gasteiger partial charge on any atom is -0.444 e. The van der Waals surface area contributed by atoms with Crippen molar-refractivity contribution in [1.82, 2.24) is 14.7 Å². The van der Waals surface area contributed by atoms with Crippen molar-refractivity contribution in [3.05, 3.63) is 35.4 Å². The average Bonchev–Trinajstić information content (AvgIpc) is 2.80. The second-order valence-electron chi connectivity index (χ2n) is 12.3. The van der Waals surface area contributed by atoms with Gasteiger partial charge in [0.15, 0.2) is 0 Å². The second kappa shape index (κ2) is 10.7. The summed E-state index contributed by atoms with van der Waals surface area (Å²) >= 11 is 0. The number of carbonyl (C=O) groups excluding carboxylic acids is 2. The van der Waals surface area contributed by atoms with Gasteiger partial charge in [0.1, 0.15) is 11.6 Å². The Morgan fingerprint density at radius 2 is 1.75 bits per heavy atom. The van der Waals surface area contributed by atoms with Crippen LogP contribution in [0.15, 0.2) is 24.3 Å². The molecule has 1 spiro atoms. The van der Waals surface area contributed by atoms with Gasteiger partial charge in [0.25, 0.3) is 0 Å². The molecule has 2 amide bonds. The summed E-state index contributed by atoms with van der Waals surface area (Å²) < 4.78 is 10.9. The highest BCUT2D eigenvalue weighted by atomic mass is 16.6. The maximum Gasteiger partial charge on any atom is 0.410 e. The molecule has 7 heteroatoms. The van der Waals surface area contributed by atoms with Crippen molar-refractivity contribution in [3.63, 3.8) is 0 Å². The lowest BCUT2D eigenvalue weighted by Gasteiger charge is -2.57. The molecule has 1 aromatic rings. The Kier molecular flexibility index (Phi) is 8.01. The first-order valence-electron chi connectivity index (χ1n) is 13.6. The Morgan fingerprint density at radius 1 is 1.08 bits per heavy atom. The SMILES string of the molecule is COCCN1CCN(C2CC3(CCN(C(=O)OC(C)(C)C)CC3)C2)C(c2ccccc2C(C)C)C1=O. The van der Waals surface area contributed by atoms with Crippen molar-refractivity contribution in [2.45, 2.75) is 83.9 Å². The molecular formula is C29H45N3O4. The van der Waals surface area contributed by atoms with Gasteiger partial charge >= 0.3 is 6.09 Å². The molecule has 0 N–H and O–H groups in total. The number of likely N-dealkylation sites (tertiary alicyclic amines) is 1. The van der Waals surface area contributed by atoms with Crippen LogP contribution in [0.2, 0.25) is 0 Å². The normalized spacial score (nSPS) is 23.3. The number of piperidine rings is 1. The van der Waals surface area contributed by atoms with Gasteiger partial charge in [-0.2, -0.15) is 0 Å². The summed E-state index contributed by atoms with van der Waals surface area (Å²) in [7, 11) is 1.69. The summed E-state index contributed by atoms with van der Waals surface area (Å²) in [5.41, 5.74) is 2.23. The van der Waals surface area contributed by atoms with Gasteiger partial charge in [-0.3, -0.25) is 9.69 Å². The second-order valence-corrected chi connectivity index (χ2v) is 12.3. The van der Waals surface area contributed by atoms with E-state index in [1.165, 1.54) is 5.56 Å². The first-order valence-corrected chi connectivity index (χ1v) is 13.6. The van der Waals surface area contributed by atoms with Crippen LogP contribution in [0.25, 0.3) is 0 Å². The van der Waals surface area contributed by atoms with Crippen molar-refractivity contribution < 1.29 is 19.1 Å². The topological polar surface area (TPSA) is 62.3 Å². The van der Waals surface area contributed by atoms with E-state index in [9.17, 15) is 9.59 Å². The van der Waals surface area contributed by atoms with E-state index < -0.39 is 5.60 Å². The van der Waals surface area contributed by atoms with Crippen LogP contribution >= 0.6 is 0 Å². The van der Waals surface area contributed by atoms with Gasteiger partial charge in [-0.05, 0) is 68.9 Å². The van der Waals surface area contributed by atoms with E-state index in [0.29, 0.717) is 25.1 Å². The van der Waals surface area contributed by atoms with Gasteiger partial charge in [0.05, 0.1) is 6.61 Å². The molecule has 7 nitrogen and oxygen atoms in total. The highest BCUT2D eigenvalue weighted by Gasteiger charge is 2.52. The maximum absolute atomic E-state index is 13.8. The van der Waals surface area contributed by atoms with Crippen LogP contribution in [-0.2, 0) is 14.3 Å². The van der Waals surface area contributed by atoms with Gasteiger partial charge in [0, 0.05) is 45.9 Å². The fraction of sp³-hybridized carbons (Fsp3) is 0.724. The Morgan fingerprint density at radius 3 is 2.36 bits per heavy atom. The smallest absolute Gasteiger partial charge is 0.410 e. The molecule has 1 atom stereocenters. The number of ether oxygens (including phenoxy) is 2. The molecule has 1 aliphatic carbocycles. The van der Waals surface area contributed by atoms with Crippen molar-refractivity contribution in [3.8, 4) is 0 Å². The summed E-state index contributed by atoms with van der Waals surface area (Å²) in [6.07, 6.45) is 4.02. The lowest BCUT2D eigenvalue weighted by molar-refractivity contribution is -0.150. The van der Waals surface area contributed by atoms with E-state index in [1.807, 2.05) is 30.6 Å². The molecule has 0 aromatic heterocycles. The van der Waals surface area contributed by atoms with Crippen LogP contribution < -0.4 is 0 Å². The number of piperazine rings is 1. The first-order chi connectivity index (χ1) is 17.0. The zero-order valence-corrected chi connectivity index (χ0v) is 23.1. The number of amides is 2. The quantitative estimate of drug-likeness (QED) is 0.562. The standard InChI is InChI=1S/C29H45N3O4/c1-21(2)23-9-7-8-10-24(23)25-26(33)30(17-18-35-6)15-16-32(25)22-19-29(20-22)11-13-31(14-12-29)27(34)36-28(3,4)5/h7-10,21-22,25H,11-20H2,1-6H3. The Bertz CT molecular complexity index is 925. The van der Waals surface area contributed by atoms with E-state index >= 15 is 0 Å². The zero-order valence-electron chi connectivity index (χ0n) is 23.1. The molecule has 2 heterocycles. The van der Waals surface area contributed by atoms with Crippen LogP contribution in [0.1, 0.15) is 83.4 Å². The fourth-order valence-corrected chi connectivity index (χ4v) is 6.28. The number of benzene rings is 1. The van der Waals surface area contributed by atoms with E-state index in [2.05, 4.69) is 43.0 Å². The van der Waals surface area contributed by atoms with Gasteiger partial charge < -0.3 is 19.3 Å². The van der Waals surface area contributed by atoms with E-state index in [-0.39, 0.29) is 23.5 Å². The third kappa shape index (κ3) is 5.72. The molecule has 0 radical (unpaired) electrons. The van der Waals surface area contributed by atoms with Crippen molar-refractivity contribution in [2.24, 2.45) is 5.41 Å². The van der Waals surface area contributed by atoms with E-state index in [1.54, 1.807) is 7.11 Å². The van der Waals surface area contributed by atoms with Gasteiger partial charge in [0.2, 0.25) is 5.91 Å². The van der Waals surface area contributed by atoms with Crippen LogP contribution in [0.5, 0.6) is 0 Å². The highest BCUT2D eigenvalue weighted by molar-refractivity contribution is 5.84. The van der Waals surface area contributed by atoms with Crippen molar-refractivity contribution in [2.75, 3.05) is 46.4 Å². The van der Waals surface area contributed by atoms with Crippen LogP contribution in [0.3, 0.4) is 0 Å². The Balaban J connectivity index is 1.46. The molecule has 4 rings (SSSR count). The number of nitrogens with zero attached hydrogens (tertiary/aromatic N) is 3. The van der Waals surface area contributed by atoms with Gasteiger partial charge in [-0.1, -0.05) is 38.1 Å². The van der Waals surface area contributed by atoms with E-state index in [4.69, 9.17) is 9.47 Å². The van der Waals surface area contributed by atoms with Gasteiger partial charge in [-0.15, -0.1) is 0 Å². The molecule has 3 aliphatic rings. The Labute approximate surface area is 217 Å². The molecule has 3 fully saturated rings. The summed E-state index contributed by atoms with van der Waals surface area (Å²) in [5, 5.41) is 0. The highest BCUT2D eigenvalue weighted by Crippen LogP contribution is 2.53. The molecular weight excluding hydrogens is 454 g/mol. The largest absolute Gasteiger partial charge is 0.444 e. The third-order valence-corrected chi connectivity index (χ3v) is 8.27. The minimum absolute atomic E-state index is 0.198. The lowest BCUT2D eigenvalue weighted by Crippen LogP contribution is -2.62. The molecule has 1 saturated carbocycles. The lowest BCUT2D eigenvalue weighted by atomic mass is 9.59. The molecule has 200 valence electrons. The summed E-state index contributed by atoms with van der Waals surface area (Å²) in [5.74, 6) is 0.558. The van der Waals surface area contributed by atoms with Gasteiger partial charge in [-0.25, -0.2) is 4.79 Å². The van der Waals surface area contributed by atoms with Crippen LogP contribution in [0.4, 0.5) is 4.79 Å². The molecule has 1 aromatic carbocycles. The average molecular weight is 500 g/mol. The monoisotopic (exact) mass is 499 g/mol. The van der Waals surface area contributed by atoms with Crippen molar-refractivity contribution in [1.29, 1.82) is 0 Å². The molecule has 2 saturated heterocycles. The molecule has 2 aliphatic heterocycles. The summed E-state index contributed by atoms with van der Waals surface area (Å²) in [6.45, 7) is 14.5. The number of carbonyl (C=O) groups is 2. The number of methoxy groups -OCH3 is 1. The minimum atomic E-state index is -0.465. The predicted octanol–water partition coefficient (Wildman–Crippen LogP) is 4.82. The third-order valence-electron chi connectivity index (χ3n) is 8.27. The van der Waals surface area contributed by atoms with E-state index in [0.717, 1.165) is 57.4 Å².